The van der Waals surface area contributed by atoms with E-state index in [1.807, 2.05) is 0 Å². The first kappa shape index (κ1) is 15.1. The van der Waals surface area contributed by atoms with Crippen molar-refractivity contribution in [1.82, 2.24) is 9.88 Å². The largest absolute Gasteiger partial charge is 0.332 e. The van der Waals surface area contributed by atoms with E-state index in [1.54, 1.807) is 4.90 Å². The van der Waals surface area contributed by atoms with Crippen molar-refractivity contribution in [2.75, 3.05) is 0 Å². The zero-order chi connectivity index (χ0) is 15.9. The van der Waals surface area contributed by atoms with Gasteiger partial charge in [-0.25, -0.2) is 13.2 Å². The van der Waals surface area contributed by atoms with Crippen molar-refractivity contribution in [3.8, 4) is 0 Å². The predicted octanol–water partition coefficient (Wildman–Crippen LogP) is 2.55. The zero-order valence-electron chi connectivity index (χ0n) is 11.9. The van der Waals surface area contributed by atoms with Crippen molar-refractivity contribution in [1.29, 1.82) is 0 Å². The Hall–Kier alpha value is -1.79. The molecule has 4 nitrogen and oxygen atoms in total. The van der Waals surface area contributed by atoms with E-state index in [2.05, 4.69) is 4.98 Å². The number of halogens is 3. The summed E-state index contributed by atoms with van der Waals surface area (Å²) in [4.78, 5) is 28.1. The van der Waals surface area contributed by atoms with Crippen molar-refractivity contribution in [3.05, 3.63) is 34.0 Å². The molecule has 0 radical (unpaired) electrons. The third kappa shape index (κ3) is 2.76. The number of carbonyl (C=O) groups excluding carboxylic acids is 1. The van der Waals surface area contributed by atoms with E-state index in [9.17, 15) is 22.8 Å². The summed E-state index contributed by atoms with van der Waals surface area (Å²) in [5.41, 5.74) is -0.843. The van der Waals surface area contributed by atoms with Gasteiger partial charge in [0.1, 0.15) is 11.4 Å². The number of amides is 1. The molecule has 1 aromatic heterocycles. The molecular weight excluding hydrogens is 297 g/mol. The van der Waals surface area contributed by atoms with Gasteiger partial charge in [0.05, 0.1) is 0 Å². The molecule has 2 aliphatic heterocycles. The van der Waals surface area contributed by atoms with Crippen molar-refractivity contribution in [2.24, 2.45) is 5.92 Å². The van der Waals surface area contributed by atoms with Gasteiger partial charge in [0.2, 0.25) is 6.43 Å². The van der Waals surface area contributed by atoms with Crippen LogP contribution in [0, 0.1) is 11.7 Å². The van der Waals surface area contributed by atoms with Crippen LogP contribution in [0.2, 0.25) is 0 Å². The lowest BCUT2D eigenvalue weighted by Crippen LogP contribution is -2.48. The van der Waals surface area contributed by atoms with Crippen molar-refractivity contribution >= 4 is 5.91 Å². The summed E-state index contributed by atoms with van der Waals surface area (Å²) in [6.07, 6.45) is 0.988. The monoisotopic (exact) mass is 314 g/mol. The number of H-pyrrole nitrogens is 1. The number of alkyl halides is 2. The number of aromatic nitrogens is 1. The summed E-state index contributed by atoms with van der Waals surface area (Å²) < 4.78 is 38.4. The number of fused-ring (bicyclic) bond motifs is 2. The highest BCUT2D eigenvalue weighted by Gasteiger charge is 2.44. The van der Waals surface area contributed by atoms with Crippen LogP contribution < -0.4 is 5.56 Å². The maximum Gasteiger partial charge on any atom is 0.260 e. The van der Waals surface area contributed by atoms with E-state index in [4.69, 9.17) is 0 Å². The molecule has 2 bridgehead atoms. The number of rotatable bonds is 3. The highest BCUT2D eigenvalue weighted by molar-refractivity contribution is 5.94. The molecule has 1 aromatic rings. The second kappa shape index (κ2) is 5.78. The van der Waals surface area contributed by atoms with Crippen LogP contribution in [-0.4, -0.2) is 34.3 Å². The highest BCUT2D eigenvalue weighted by Crippen LogP contribution is 2.41. The van der Waals surface area contributed by atoms with Crippen LogP contribution in [-0.2, 0) is 0 Å². The van der Waals surface area contributed by atoms with Gasteiger partial charge in [-0.05, 0) is 37.7 Å². The molecule has 0 aromatic carbocycles. The molecule has 0 spiro atoms. The Morgan fingerprint density at radius 3 is 2.55 bits per heavy atom. The van der Waals surface area contributed by atoms with Crippen LogP contribution >= 0.6 is 0 Å². The third-order valence-electron chi connectivity index (χ3n) is 4.68. The summed E-state index contributed by atoms with van der Waals surface area (Å²) >= 11 is 0. The predicted molar refractivity (Wildman–Crippen MR) is 73.3 cm³/mol. The Morgan fingerprint density at radius 1 is 1.32 bits per heavy atom. The van der Waals surface area contributed by atoms with Crippen LogP contribution in [0.4, 0.5) is 13.2 Å². The number of nitrogens with one attached hydrogen (secondary N) is 1. The van der Waals surface area contributed by atoms with Crippen LogP contribution in [0.15, 0.2) is 17.1 Å². The van der Waals surface area contributed by atoms with Gasteiger partial charge < -0.3 is 9.88 Å². The van der Waals surface area contributed by atoms with Gasteiger partial charge in [0.15, 0.2) is 0 Å². The zero-order valence-corrected chi connectivity index (χ0v) is 11.9. The van der Waals surface area contributed by atoms with Crippen LogP contribution in [0.3, 0.4) is 0 Å². The maximum absolute atomic E-state index is 13.3. The lowest BCUT2D eigenvalue weighted by atomic mass is 9.88. The van der Waals surface area contributed by atoms with Crippen molar-refractivity contribution in [3.63, 3.8) is 0 Å². The Morgan fingerprint density at radius 2 is 1.95 bits per heavy atom. The smallest absolute Gasteiger partial charge is 0.260 e. The van der Waals surface area contributed by atoms with Gasteiger partial charge in [-0.1, -0.05) is 0 Å². The minimum atomic E-state index is -2.34. The lowest BCUT2D eigenvalue weighted by Gasteiger charge is -2.39. The summed E-state index contributed by atoms with van der Waals surface area (Å²) in [7, 11) is 0. The molecule has 1 N–H and O–H groups in total. The SMILES string of the molecule is O=C(c1cc(F)c[nH]c1=O)N1C2CCC1CC(CC(F)F)C2. The Kier molecular flexibility index (Phi) is 3.97. The van der Waals surface area contributed by atoms with E-state index in [-0.39, 0.29) is 30.0 Å². The first-order valence-electron chi connectivity index (χ1n) is 7.44. The molecule has 2 aliphatic rings. The second-order valence-corrected chi connectivity index (χ2v) is 6.12. The normalized spacial score (nSPS) is 27.5. The summed E-state index contributed by atoms with van der Waals surface area (Å²) in [5.74, 6) is -1.26. The number of piperidine rings is 1. The quantitative estimate of drug-likeness (QED) is 0.932. The molecule has 0 aliphatic carbocycles. The van der Waals surface area contributed by atoms with Crippen molar-refractivity contribution in [2.45, 2.75) is 50.6 Å². The maximum atomic E-state index is 13.3. The number of hydrogen-bond acceptors (Lipinski definition) is 2. The van der Waals surface area contributed by atoms with Gasteiger partial charge in [-0.3, -0.25) is 9.59 Å². The van der Waals surface area contributed by atoms with Crippen LogP contribution in [0.1, 0.15) is 42.5 Å². The number of aromatic amines is 1. The standard InChI is InChI=1S/C15H17F3N2O2/c16-9-6-12(14(21)19-7-9)15(22)20-10-1-2-11(20)4-8(3-10)5-13(17)18/h6-8,10-11,13H,1-5H2,(H,19,21). The molecule has 22 heavy (non-hydrogen) atoms. The van der Waals surface area contributed by atoms with E-state index in [0.717, 1.165) is 25.1 Å². The lowest BCUT2D eigenvalue weighted by molar-refractivity contribution is 0.0407. The Bertz CT molecular complexity index is 617. The minimum absolute atomic E-state index is 0.0904. The molecule has 2 fully saturated rings. The average molecular weight is 314 g/mol. The van der Waals surface area contributed by atoms with Gasteiger partial charge in [-0.2, -0.15) is 0 Å². The van der Waals surface area contributed by atoms with E-state index >= 15 is 0 Å². The summed E-state index contributed by atoms with van der Waals surface area (Å²) in [6.45, 7) is 0. The van der Waals surface area contributed by atoms with E-state index < -0.39 is 23.7 Å². The molecule has 2 atom stereocenters. The fraction of sp³-hybridized carbons (Fsp3) is 0.600. The van der Waals surface area contributed by atoms with Crippen LogP contribution in [0.5, 0.6) is 0 Å². The van der Waals surface area contributed by atoms with Gasteiger partial charge in [-0.15, -0.1) is 0 Å². The fourth-order valence-electron chi connectivity index (χ4n) is 3.82. The first-order chi connectivity index (χ1) is 10.5. The topological polar surface area (TPSA) is 53.2 Å². The third-order valence-corrected chi connectivity index (χ3v) is 4.68. The molecule has 7 heteroatoms. The fourth-order valence-corrected chi connectivity index (χ4v) is 3.82. The number of pyridine rings is 1. The molecular formula is C15H17F3N2O2. The average Bonchev–Trinajstić information content (AvgIpc) is 2.71. The summed E-state index contributed by atoms with van der Waals surface area (Å²) in [6, 6.07) is 0.682. The molecule has 2 saturated heterocycles. The molecule has 1 amide bonds. The van der Waals surface area contributed by atoms with Gasteiger partial charge in [0, 0.05) is 24.7 Å². The Balaban J connectivity index is 1.80. The van der Waals surface area contributed by atoms with E-state index in [1.165, 1.54) is 0 Å². The minimum Gasteiger partial charge on any atom is -0.332 e. The Labute approximate surface area is 125 Å². The molecule has 0 saturated carbocycles. The van der Waals surface area contributed by atoms with E-state index in [0.29, 0.717) is 12.8 Å². The van der Waals surface area contributed by atoms with Crippen molar-refractivity contribution < 1.29 is 18.0 Å². The van der Waals surface area contributed by atoms with Gasteiger partial charge in [0.25, 0.3) is 11.5 Å². The summed E-state index contributed by atoms with van der Waals surface area (Å²) in [5, 5.41) is 0. The number of hydrogen-bond donors (Lipinski definition) is 1. The number of nitrogens with zero attached hydrogens (tertiary/aromatic N) is 1. The molecule has 3 rings (SSSR count). The number of carbonyl (C=O) groups is 1. The van der Waals surface area contributed by atoms with Gasteiger partial charge >= 0.3 is 0 Å². The first-order valence-corrected chi connectivity index (χ1v) is 7.44. The molecule has 3 heterocycles. The second-order valence-electron chi connectivity index (χ2n) is 6.12. The molecule has 120 valence electrons. The highest BCUT2D eigenvalue weighted by atomic mass is 19.3. The van der Waals surface area contributed by atoms with Crippen LogP contribution in [0.25, 0.3) is 0 Å². The molecule has 2 unspecified atom stereocenters.